The third-order valence-electron chi connectivity index (χ3n) is 2.43. The van der Waals surface area contributed by atoms with Crippen molar-refractivity contribution in [2.24, 2.45) is 5.73 Å². The van der Waals surface area contributed by atoms with Crippen molar-refractivity contribution >= 4 is 0 Å². The van der Waals surface area contributed by atoms with Crippen LogP contribution in [-0.4, -0.2) is 15.1 Å². The molecule has 0 aromatic carbocycles. The van der Waals surface area contributed by atoms with Crippen LogP contribution in [0.5, 0.6) is 5.75 Å². The molecule has 2 N–H and O–H groups in total. The van der Waals surface area contributed by atoms with E-state index in [1.165, 1.54) is 0 Å². The topological polar surface area (TPSA) is 87.1 Å². The van der Waals surface area contributed by atoms with E-state index >= 15 is 0 Å². The van der Waals surface area contributed by atoms with Gasteiger partial charge in [0.2, 0.25) is 11.7 Å². The van der Waals surface area contributed by atoms with Crippen LogP contribution in [0.25, 0.3) is 0 Å². The molecule has 0 bridgehead atoms. The van der Waals surface area contributed by atoms with Gasteiger partial charge in [-0.05, 0) is 19.1 Å². The highest BCUT2D eigenvalue weighted by Crippen LogP contribution is 2.17. The smallest absolute Gasteiger partial charge is 0.226 e. The average molecular weight is 248 g/mol. The molecule has 0 amide bonds. The van der Waals surface area contributed by atoms with Crippen molar-refractivity contribution in [2.75, 3.05) is 0 Å². The van der Waals surface area contributed by atoms with E-state index < -0.39 is 0 Å². The number of aryl methyl sites for hydroxylation is 2. The van der Waals surface area contributed by atoms with Crippen molar-refractivity contribution in [1.82, 2.24) is 15.1 Å². The van der Waals surface area contributed by atoms with E-state index in [2.05, 4.69) is 15.1 Å². The zero-order chi connectivity index (χ0) is 13.0. The molecular weight excluding hydrogens is 232 g/mol. The van der Waals surface area contributed by atoms with Gasteiger partial charge in [-0.15, -0.1) is 0 Å². The number of nitrogens with zero attached hydrogens (tertiary/aromatic N) is 3. The van der Waals surface area contributed by atoms with Gasteiger partial charge in [0.15, 0.2) is 6.61 Å². The summed E-state index contributed by atoms with van der Waals surface area (Å²) >= 11 is 0. The van der Waals surface area contributed by atoms with Crippen LogP contribution in [0.15, 0.2) is 16.7 Å². The Morgan fingerprint density at radius 3 is 2.83 bits per heavy atom. The number of aromatic nitrogens is 3. The maximum absolute atomic E-state index is 5.62. The van der Waals surface area contributed by atoms with E-state index in [9.17, 15) is 0 Å². The number of rotatable bonds is 5. The molecule has 96 valence electrons. The second kappa shape index (κ2) is 5.59. The summed E-state index contributed by atoms with van der Waals surface area (Å²) in [7, 11) is 0. The number of ether oxygens (including phenoxy) is 1. The van der Waals surface area contributed by atoms with Crippen molar-refractivity contribution in [2.45, 2.75) is 33.4 Å². The van der Waals surface area contributed by atoms with Gasteiger partial charge in [-0.3, -0.25) is 4.98 Å². The molecular formula is C12H16N4O2. The van der Waals surface area contributed by atoms with Crippen molar-refractivity contribution in [3.8, 4) is 5.75 Å². The average Bonchev–Trinajstić information content (AvgIpc) is 2.85. The zero-order valence-corrected chi connectivity index (χ0v) is 10.5. The molecule has 0 aliphatic carbocycles. The Hall–Kier alpha value is -1.95. The first-order valence-electron chi connectivity index (χ1n) is 5.83. The maximum Gasteiger partial charge on any atom is 0.226 e. The van der Waals surface area contributed by atoms with E-state index in [0.29, 0.717) is 30.4 Å². The number of hydrogen-bond donors (Lipinski definition) is 1. The van der Waals surface area contributed by atoms with Gasteiger partial charge < -0.3 is 15.0 Å². The molecule has 0 atom stereocenters. The Morgan fingerprint density at radius 2 is 2.17 bits per heavy atom. The molecule has 2 aromatic heterocycles. The van der Waals surface area contributed by atoms with Crippen LogP contribution in [0.1, 0.15) is 30.0 Å². The summed E-state index contributed by atoms with van der Waals surface area (Å²) in [4.78, 5) is 8.47. The van der Waals surface area contributed by atoms with E-state index in [-0.39, 0.29) is 6.61 Å². The molecule has 0 fully saturated rings. The van der Waals surface area contributed by atoms with Crippen LogP contribution in [0.2, 0.25) is 0 Å². The van der Waals surface area contributed by atoms with Crippen molar-refractivity contribution in [3.05, 3.63) is 35.2 Å². The fourth-order valence-corrected chi connectivity index (χ4v) is 1.51. The normalized spacial score (nSPS) is 10.6. The quantitative estimate of drug-likeness (QED) is 0.860. The van der Waals surface area contributed by atoms with E-state index in [1.54, 1.807) is 0 Å². The van der Waals surface area contributed by atoms with Crippen LogP contribution in [-0.2, 0) is 19.6 Å². The fourth-order valence-electron chi connectivity index (χ4n) is 1.51. The molecule has 0 aliphatic heterocycles. The molecule has 0 saturated carbocycles. The summed E-state index contributed by atoms with van der Waals surface area (Å²) in [5.41, 5.74) is 7.27. The second-order valence-corrected chi connectivity index (χ2v) is 3.85. The van der Waals surface area contributed by atoms with Gasteiger partial charge in [0, 0.05) is 18.7 Å². The van der Waals surface area contributed by atoms with Gasteiger partial charge >= 0.3 is 0 Å². The van der Waals surface area contributed by atoms with Gasteiger partial charge in [-0.1, -0.05) is 12.1 Å². The largest absolute Gasteiger partial charge is 0.484 e. The number of hydrogen-bond acceptors (Lipinski definition) is 6. The summed E-state index contributed by atoms with van der Waals surface area (Å²) in [5.74, 6) is 1.79. The summed E-state index contributed by atoms with van der Waals surface area (Å²) in [6.45, 7) is 4.45. The van der Waals surface area contributed by atoms with Gasteiger partial charge in [0.05, 0.1) is 5.69 Å². The molecule has 0 saturated heterocycles. The lowest BCUT2D eigenvalue weighted by Crippen LogP contribution is -2.06. The van der Waals surface area contributed by atoms with Gasteiger partial charge in [0.25, 0.3) is 0 Å². The Kier molecular flexibility index (Phi) is 3.88. The van der Waals surface area contributed by atoms with Gasteiger partial charge in [-0.2, -0.15) is 4.98 Å². The van der Waals surface area contributed by atoms with Crippen LogP contribution >= 0.6 is 0 Å². The lowest BCUT2D eigenvalue weighted by atomic mass is 10.3. The summed E-state index contributed by atoms with van der Waals surface area (Å²) < 4.78 is 10.6. The van der Waals surface area contributed by atoms with E-state index in [1.807, 2.05) is 26.0 Å². The first-order valence-corrected chi connectivity index (χ1v) is 5.83. The molecule has 0 spiro atoms. The van der Waals surface area contributed by atoms with E-state index in [4.69, 9.17) is 15.0 Å². The third kappa shape index (κ3) is 2.84. The fraction of sp³-hybridized carbons (Fsp3) is 0.417. The van der Waals surface area contributed by atoms with Crippen LogP contribution in [0.4, 0.5) is 0 Å². The Labute approximate surface area is 105 Å². The zero-order valence-electron chi connectivity index (χ0n) is 10.5. The standard InChI is InChI=1S/C12H16N4O2/c1-3-12-15-11(16-18-12)7-17-10-5-4-8(2)14-9(10)6-13/h4-5H,3,6-7,13H2,1-2H3. The molecule has 2 aromatic rings. The number of pyridine rings is 1. The van der Waals surface area contributed by atoms with Crippen LogP contribution in [0.3, 0.4) is 0 Å². The first kappa shape index (κ1) is 12.5. The summed E-state index contributed by atoms with van der Waals surface area (Å²) in [6.07, 6.45) is 0.715. The highest BCUT2D eigenvalue weighted by atomic mass is 16.5. The van der Waals surface area contributed by atoms with Crippen molar-refractivity contribution in [1.29, 1.82) is 0 Å². The molecule has 0 radical (unpaired) electrons. The van der Waals surface area contributed by atoms with Crippen LogP contribution < -0.4 is 10.5 Å². The highest BCUT2D eigenvalue weighted by Gasteiger charge is 2.08. The Morgan fingerprint density at radius 1 is 1.33 bits per heavy atom. The lowest BCUT2D eigenvalue weighted by molar-refractivity contribution is 0.281. The van der Waals surface area contributed by atoms with Crippen molar-refractivity contribution < 1.29 is 9.26 Å². The SMILES string of the molecule is CCc1nc(COc2ccc(C)nc2CN)no1. The predicted molar refractivity (Wildman–Crippen MR) is 64.9 cm³/mol. The van der Waals surface area contributed by atoms with Gasteiger partial charge in [-0.25, -0.2) is 0 Å². The third-order valence-corrected chi connectivity index (χ3v) is 2.43. The predicted octanol–water partition coefficient (Wildman–Crippen LogP) is 1.37. The molecule has 18 heavy (non-hydrogen) atoms. The minimum atomic E-state index is 0.251. The molecule has 0 aliphatic rings. The minimum Gasteiger partial charge on any atom is -0.484 e. The Bertz CT molecular complexity index is 525. The molecule has 2 heterocycles. The summed E-state index contributed by atoms with van der Waals surface area (Å²) in [5, 5.41) is 3.81. The molecule has 6 nitrogen and oxygen atoms in total. The Balaban J connectivity index is 2.05. The van der Waals surface area contributed by atoms with E-state index in [0.717, 1.165) is 11.4 Å². The highest BCUT2D eigenvalue weighted by molar-refractivity contribution is 5.29. The minimum absolute atomic E-state index is 0.251. The summed E-state index contributed by atoms with van der Waals surface area (Å²) in [6, 6.07) is 3.73. The van der Waals surface area contributed by atoms with Gasteiger partial charge in [0.1, 0.15) is 5.75 Å². The second-order valence-electron chi connectivity index (χ2n) is 3.85. The van der Waals surface area contributed by atoms with Crippen LogP contribution in [0, 0.1) is 6.92 Å². The maximum atomic E-state index is 5.62. The monoisotopic (exact) mass is 248 g/mol. The first-order chi connectivity index (χ1) is 8.72. The molecule has 6 heteroatoms. The molecule has 0 unspecified atom stereocenters. The molecule has 2 rings (SSSR count). The van der Waals surface area contributed by atoms with Crippen molar-refractivity contribution in [3.63, 3.8) is 0 Å². The number of nitrogens with two attached hydrogens (primary N) is 1. The lowest BCUT2D eigenvalue weighted by Gasteiger charge is -2.08.